The number of methoxy groups -OCH3 is 2. The maximum Gasteiger partial charge on any atom is 0.338 e. The Hall–Kier alpha value is -2.32. The Morgan fingerprint density at radius 2 is 1.84 bits per heavy atom. The van der Waals surface area contributed by atoms with E-state index in [9.17, 15) is 14.4 Å². The zero-order chi connectivity index (χ0) is 18.6. The van der Waals surface area contributed by atoms with Crippen molar-refractivity contribution in [1.29, 1.82) is 0 Å². The minimum absolute atomic E-state index is 0.0928. The van der Waals surface area contributed by atoms with E-state index in [1.54, 1.807) is 25.1 Å². The third-order valence-electron chi connectivity index (χ3n) is 3.64. The highest BCUT2D eigenvalue weighted by atomic mass is 35.5. The number of ether oxygens (including phenoxy) is 3. The van der Waals surface area contributed by atoms with Crippen molar-refractivity contribution in [3.63, 3.8) is 0 Å². The van der Waals surface area contributed by atoms with Crippen LogP contribution in [0.25, 0.3) is 0 Å². The molecule has 0 spiro atoms. The third-order valence-corrected chi connectivity index (χ3v) is 3.88. The number of benzene rings is 1. The molecule has 0 amide bonds. The van der Waals surface area contributed by atoms with Crippen LogP contribution < -0.4 is 5.06 Å². The van der Waals surface area contributed by atoms with E-state index < -0.39 is 36.0 Å². The predicted molar refractivity (Wildman–Crippen MR) is 86.7 cm³/mol. The van der Waals surface area contributed by atoms with Crippen LogP contribution in [0.2, 0.25) is 5.02 Å². The van der Waals surface area contributed by atoms with Crippen LogP contribution >= 0.6 is 11.6 Å². The minimum atomic E-state index is -1.36. The molecule has 1 aromatic rings. The van der Waals surface area contributed by atoms with E-state index in [2.05, 4.69) is 4.74 Å². The number of hydroxylamine groups is 1. The Bertz CT molecular complexity index is 666. The largest absolute Gasteiger partial charge is 0.469 e. The fourth-order valence-electron chi connectivity index (χ4n) is 2.56. The summed E-state index contributed by atoms with van der Waals surface area (Å²) in [7, 11) is 2.31. The smallest absolute Gasteiger partial charge is 0.338 e. The molecular weight excluding hydrogens is 354 g/mol. The minimum Gasteiger partial charge on any atom is -0.469 e. The summed E-state index contributed by atoms with van der Waals surface area (Å²) in [5.74, 6) is -3.59. The lowest BCUT2D eigenvalue weighted by molar-refractivity contribution is -0.162. The summed E-state index contributed by atoms with van der Waals surface area (Å²) in [6, 6.07) is 5.20. The monoisotopic (exact) mass is 371 g/mol. The van der Waals surface area contributed by atoms with E-state index >= 15 is 0 Å². The van der Waals surface area contributed by atoms with Gasteiger partial charge in [0.15, 0.2) is 12.1 Å². The molecule has 8 nitrogen and oxygen atoms in total. The summed E-state index contributed by atoms with van der Waals surface area (Å²) in [5, 5.41) is 1.52. The van der Waals surface area contributed by atoms with E-state index in [4.69, 9.17) is 25.9 Å². The van der Waals surface area contributed by atoms with Gasteiger partial charge in [-0.05, 0) is 25.1 Å². The Kier molecular flexibility index (Phi) is 6.22. The number of hydrogen-bond donors (Lipinski definition) is 0. The van der Waals surface area contributed by atoms with Gasteiger partial charge in [-0.2, -0.15) is 0 Å². The van der Waals surface area contributed by atoms with Crippen LogP contribution in [0.15, 0.2) is 24.3 Å². The van der Waals surface area contributed by atoms with E-state index in [0.717, 1.165) is 19.3 Å². The van der Waals surface area contributed by atoms with Crippen molar-refractivity contribution < 1.29 is 33.4 Å². The highest BCUT2D eigenvalue weighted by Crippen LogP contribution is 2.35. The number of anilines is 1. The Balaban J connectivity index is 2.50. The van der Waals surface area contributed by atoms with Gasteiger partial charge in [-0.25, -0.2) is 14.7 Å². The van der Waals surface area contributed by atoms with Gasteiger partial charge in [0.05, 0.1) is 26.5 Å². The number of carbonyl (C=O) groups is 3. The van der Waals surface area contributed by atoms with Crippen molar-refractivity contribution in [3.05, 3.63) is 29.3 Å². The van der Waals surface area contributed by atoms with Crippen LogP contribution in [-0.2, 0) is 33.4 Å². The highest BCUT2D eigenvalue weighted by Gasteiger charge is 2.56. The standard InChI is InChI=1S/C16H18ClNO7/c1-4-24-15(20)12-11(14(19)22-2)13(16(21)23-3)25-18(12)10-7-5-6-9(17)8-10/h5-8,11-13H,4H2,1-3H3/t11-,12+,13+/m1/s1. The molecule has 0 N–H and O–H groups in total. The Labute approximate surface area is 149 Å². The van der Waals surface area contributed by atoms with Crippen molar-refractivity contribution in [2.75, 3.05) is 25.9 Å². The maximum absolute atomic E-state index is 12.5. The van der Waals surface area contributed by atoms with Crippen LogP contribution in [0.4, 0.5) is 5.69 Å². The van der Waals surface area contributed by atoms with Crippen LogP contribution in [0.5, 0.6) is 0 Å². The molecule has 136 valence electrons. The lowest BCUT2D eigenvalue weighted by atomic mass is 9.94. The first-order valence-electron chi connectivity index (χ1n) is 7.48. The zero-order valence-corrected chi connectivity index (χ0v) is 14.7. The fraction of sp³-hybridized carbons (Fsp3) is 0.438. The van der Waals surface area contributed by atoms with Crippen molar-refractivity contribution in [2.45, 2.75) is 19.1 Å². The molecule has 0 bridgehead atoms. The molecule has 0 radical (unpaired) electrons. The van der Waals surface area contributed by atoms with Gasteiger partial charge in [0.1, 0.15) is 5.92 Å². The number of halogens is 1. The molecule has 1 aliphatic heterocycles. The van der Waals surface area contributed by atoms with Crippen molar-refractivity contribution in [3.8, 4) is 0 Å². The summed E-state index contributed by atoms with van der Waals surface area (Å²) < 4.78 is 14.5. The molecule has 1 saturated heterocycles. The third kappa shape index (κ3) is 3.85. The second-order valence-electron chi connectivity index (χ2n) is 5.10. The molecule has 25 heavy (non-hydrogen) atoms. The molecule has 2 rings (SSSR count). The summed E-state index contributed by atoms with van der Waals surface area (Å²) in [6.07, 6.45) is -1.36. The molecule has 3 atom stereocenters. The van der Waals surface area contributed by atoms with Crippen LogP contribution in [0.1, 0.15) is 6.92 Å². The summed E-state index contributed by atoms with van der Waals surface area (Å²) in [6.45, 7) is 1.72. The van der Waals surface area contributed by atoms with Gasteiger partial charge in [-0.1, -0.05) is 17.7 Å². The Morgan fingerprint density at radius 3 is 2.40 bits per heavy atom. The average Bonchev–Trinajstić information content (AvgIpc) is 3.01. The number of esters is 3. The molecule has 0 aromatic heterocycles. The van der Waals surface area contributed by atoms with Crippen LogP contribution in [0, 0.1) is 5.92 Å². The van der Waals surface area contributed by atoms with E-state index in [0.29, 0.717) is 10.7 Å². The highest BCUT2D eigenvalue weighted by molar-refractivity contribution is 6.30. The molecule has 1 aromatic carbocycles. The summed E-state index contributed by atoms with van der Waals surface area (Å²) in [4.78, 5) is 42.3. The van der Waals surface area contributed by atoms with E-state index in [1.807, 2.05) is 0 Å². The lowest BCUT2D eigenvalue weighted by Gasteiger charge is -2.24. The predicted octanol–water partition coefficient (Wildman–Crippen LogP) is 1.35. The molecule has 1 heterocycles. The molecule has 9 heteroatoms. The van der Waals surface area contributed by atoms with Crippen molar-refractivity contribution in [1.82, 2.24) is 0 Å². The molecular formula is C16H18ClNO7. The molecule has 0 aliphatic carbocycles. The maximum atomic E-state index is 12.5. The molecule has 1 aliphatic rings. The number of nitrogens with zero attached hydrogens (tertiary/aromatic N) is 1. The second-order valence-corrected chi connectivity index (χ2v) is 5.54. The van der Waals surface area contributed by atoms with Crippen LogP contribution in [0.3, 0.4) is 0 Å². The number of carbonyl (C=O) groups excluding carboxylic acids is 3. The van der Waals surface area contributed by atoms with Gasteiger partial charge in [0.2, 0.25) is 0 Å². The Morgan fingerprint density at radius 1 is 1.16 bits per heavy atom. The lowest BCUT2D eigenvalue weighted by Crippen LogP contribution is -2.45. The van der Waals surface area contributed by atoms with Gasteiger partial charge in [0, 0.05) is 5.02 Å². The first kappa shape index (κ1) is 19.0. The zero-order valence-electron chi connectivity index (χ0n) is 13.9. The average molecular weight is 372 g/mol. The first-order chi connectivity index (χ1) is 11.9. The summed E-state index contributed by atoms with van der Waals surface area (Å²) in [5.41, 5.74) is 0.380. The second kappa shape index (κ2) is 8.17. The SMILES string of the molecule is CCOC(=O)[C@@H]1[C@@H](C(=O)OC)[C@@H](C(=O)OC)ON1c1cccc(Cl)c1. The van der Waals surface area contributed by atoms with E-state index in [-0.39, 0.29) is 6.61 Å². The molecule has 1 fully saturated rings. The van der Waals surface area contributed by atoms with Gasteiger partial charge in [0.25, 0.3) is 0 Å². The van der Waals surface area contributed by atoms with Gasteiger partial charge >= 0.3 is 17.9 Å². The first-order valence-corrected chi connectivity index (χ1v) is 7.86. The molecule has 0 saturated carbocycles. The molecule has 0 unspecified atom stereocenters. The quantitative estimate of drug-likeness (QED) is 0.566. The van der Waals surface area contributed by atoms with Gasteiger partial charge in [-0.3, -0.25) is 9.63 Å². The van der Waals surface area contributed by atoms with Gasteiger partial charge in [-0.15, -0.1) is 0 Å². The number of rotatable bonds is 5. The van der Waals surface area contributed by atoms with Gasteiger partial charge < -0.3 is 14.2 Å². The fourth-order valence-corrected chi connectivity index (χ4v) is 2.75. The normalized spacial score (nSPS) is 22.4. The van der Waals surface area contributed by atoms with Crippen molar-refractivity contribution >= 4 is 35.2 Å². The van der Waals surface area contributed by atoms with Crippen molar-refractivity contribution in [2.24, 2.45) is 5.92 Å². The van der Waals surface area contributed by atoms with Crippen LogP contribution in [-0.4, -0.2) is 50.9 Å². The number of hydrogen-bond acceptors (Lipinski definition) is 8. The topological polar surface area (TPSA) is 91.4 Å². The van der Waals surface area contributed by atoms with E-state index in [1.165, 1.54) is 6.07 Å². The summed E-state index contributed by atoms with van der Waals surface area (Å²) >= 11 is 5.98.